The molecule has 1 atom stereocenters. The van der Waals surface area contributed by atoms with Crippen LogP contribution in [0.4, 0.5) is 0 Å². The summed E-state index contributed by atoms with van der Waals surface area (Å²) in [6.07, 6.45) is 2.85. The van der Waals surface area contributed by atoms with Gasteiger partial charge in [0.2, 0.25) is 10.0 Å². The Morgan fingerprint density at radius 1 is 1.39 bits per heavy atom. The van der Waals surface area contributed by atoms with Crippen LogP contribution in [0.5, 0.6) is 0 Å². The second kappa shape index (κ2) is 7.94. The van der Waals surface area contributed by atoms with Gasteiger partial charge in [0.1, 0.15) is 0 Å². The first-order valence-corrected chi connectivity index (χ1v) is 9.43. The average molecular weight is 427 g/mol. The molecule has 130 valence electrons. The number of likely N-dealkylation sites (tertiary alicyclic amines) is 1. The van der Waals surface area contributed by atoms with Crippen molar-refractivity contribution in [3.63, 3.8) is 0 Å². The molecule has 1 aromatic rings. The summed E-state index contributed by atoms with van der Waals surface area (Å²) in [5, 5.41) is 5.23. The molecule has 2 rings (SSSR count). The molecule has 0 radical (unpaired) electrons. The number of halogens is 2. The van der Waals surface area contributed by atoms with Crippen molar-refractivity contribution in [2.24, 2.45) is 10.9 Å². The Hall–Kier alpha value is -0.670. The molecule has 1 aromatic carbocycles. The van der Waals surface area contributed by atoms with E-state index >= 15 is 0 Å². The highest BCUT2D eigenvalue weighted by Gasteiger charge is 2.29. The predicted molar refractivity (Wildman–Crippen MR) is 95.2 cm³/mol. The van der Waals surface area contributed by atoms with Crippen LogP contribution in [0.3, 0.4) is 0 Å². The predicted octanol–water partition coefficient (Wildman–Crippen LogP) is 1.78. The van der Waals surface area contributed by atoms with Crippen LogP contribution in [0.2, 0.25) is 0 Å². The summed E-state index contributed by atoms with van der Waals surface area (Å²) in [6, 6.07) is 3.05. The minimum atomic E-state index is -3.89. The molecule has 1 fully saturated rings. The lowest BCUT2D eigenvalue weighted by Crippen LogP contribution is -2.47. The average Bonchev–Trinajstić information content (AvgIpc) is 2.47. The molecule has 1 saturated heterocycles. The van der Waals surface area contributed by atoms with Crippen molar-refractivity contribution in [2.75, 3.05) is 13.1 Å². The van der Waals surface area contributed by atoms with E-state index in [4.69, 9.17) is 10.9 Å². The normalized spacial score (nSPS) is 18.4. The Morgan fingerprint density at radius 2 is 2.04 bits per heavy atom. The van der Waals surface area contributed by atoms with Gasteiger partial charge in [-0.2, -0.15) is 0 Å². The molecule has 4 N–H and O–H groups in total. The Morgan fingerprint density at radius 3 is 2.61 bits per heavy atom. The van der Waals surface area contributed by atoms with Crippen LogP contribution in [0.1, 0.15) is 35.2 Å². The maximum absolute atomic E-state index is 12.8. The third-order valence-corrected chi connectivity index (χ3v) is 5.52. The van der Waals surface area contributed by atoms with E-state index in [0.717, 1.165) is 19.3 Å². The van der Waals surface area contributed by atoms with Crippen molar-refractivity contribution >= 4 is 44.3 Å². The van der Waals surface area contributed by atoms with Crippen LogP contribution < -0.4 is 10.9 Å². The van der Waals surface area contributed by atoms with Gasteiger partial charge in [0.25, 0.3) is 5.91 Å². The van der Waals surface area contributed by atoms with Gasteiger partial charge in [-0.05, 0) is 43.9 Å². The first-order chi connectivity index (χ1) is 10.3. The van der Waals surface area contributed by atoms with Crippen molar-refractivity contribution < 1.29 is 13.2 Å². The Labute approximate surface area is 151 Å². The lowest BCUT2D eigenvalue weighted by molar-refractivity contribution is 0.0622. The Balaban J connectivity index is 0.00000264. The van der Waals surface area contributed by atoms with Gasteiger partial charge >= 0.3 is 0 Å². The quantitative estimate of drug-likeness (QED) is 0.768. The molecular formula is C14H21BrClN3O3S. The summed E-state index contributed by atoms with van der Waals surface area (Å²) in [5.41, 5.74) is 6.48. The van der Waals surface area contributed by atoms with Crippen molar-refractivity contribution in [3.8, 4) is 0 Å². The fourth-order valence-corrected chi connectivity index (χ4v) is 4.28. The lowest BCUT2D eigenvalue weighted by atomic mass is 9.99. The molecular weight excluding hydrogens is 406 g/mol. The van der Waals surface area contributed by atoms with Crippen LogP contribution >= 0.6 is 28.3 Å². The summed E-state index contributed by atoms with van der Waals surface area (Å²) < 4.78 is 23.9. The van der Waals surface area contributed by atoms with Gasteiger partial charge in [0.05, 0.1) is 4.90 Å². The van der Waals surface area contributed by atoms with Gasteiger partial charge in [-0.25, -0.2) is 13.6 Å². The van der Waals surface area contributed by atoms with Gasteiger partial charge in [0, 0.05) is 29.2 Å². The first-order valence-electron chi connectivity index (χ1n) is 7.09. The first kappa shape index (κ1) is 20.4. The van der Waals surface area contributed by atoms with E-state index in [9.17, 15) is 13.2 Å². The van der Waals surface area contributed by atoms with E-state index in [1.54, 1.807) is 17.9 Å². The summed E-state index contributed by atoms with van der Waals surface area (Å²) in [4.78, 5) is 14.5. The number of primary sulfonamides is 1. The number of carbonyl (C=O) groups excluding carboxylic acids is 1. The number of hydrogen-bond acceptors (Lipinski definition) is 4. The van der Waals surface area contributed by atoms with E-state index in [1.807, 2.05) is 0 Å². The van der Waals surface area contributed by atoms with Crippen molar-refractivity contribution in [1.82, 2.24) is 4.90 Å². The number of rotatable bonds is 3. The number of piperidine rings is 1. The molecule has 1 unspecified atom stereocenters. The smallest absolute Gasteiger partial charge is 0.254 e. The van der Waals surface area contributed by atoms with E-state index in [0.29, 0.717) is 28.7 Å². The van der Waals surface area contributed by atoms with Crippen LogP contribution in [0.15, 0.2) is 21.5 Å². The molecule has 1 heterocycles. The molecule has 0 spiro atoms. The second-order valence-electron chi connectivity index (χ2n) is 5.51. The lowest BCUT2D eigenvalue weighted by Gasteiger charge is -2.35. The number of sulfonamides is 1. The fraction of sp³-hybridized carbons (Fsp3) is 0.500. The van der Waals surface area contributed by atoms with E-state index in [-0.39, 0.29) is 29.3 Å². The Kier molecular flexibility index (Phi) is 7.03. The highest BCUT2D eigenvalue weighted by atomic mass is 79.9. The van der Waals surface area contributed by atoms with Crippen molar-refractivity contribution in [1.29, 1.82) is 0 Å². The monoisotopic (exact) mass is 425 g/mol. The summed E-state index contributed by atoms with van der Waals surface area (Å²) >= 11 is 3.25. The standard InChI is InChI=1S/C14H20BrN3O3S.ClH/c1-9-12(6-10(15)7-13(9)22(17,20)21)14(19)18-5-3-2-4-11(18)8-16;/h6-7,11H,2-5,8,16H2,1H3,(H2,17,20,21);1H. The molecule has 0 aromatic heterocycles. The molecule has 0 aliphatic carbocycles. The SMILES string of the molecule is Cc1c(C(=O)N2CCCCC2CN)cc(Br)cc1S(N)(=O)=O.Cl. The highest BCUT2D eigenvalue weighted by Crippen LogP contribution is 2.27. The Bertz CT molecular complexity index is 697. The van der Waals surface area contributed by atoms with Gasteiger partial charge in [-0.15, -0.1) is 12.4 Å². The van der Waals surface area contributed by atoms with Gasteiger partial charge < -0.3 is 10.6 Å². The molecule has 1 aliphatic rings. The van der Waals surface area contributed by atoms with Crippen LogP contribution in [-0.4, -0.2) is 38.4 Å². The molecule has 9 heteroatoms. The van der Waals surface area contributed by atoms with E-state index in [1.165, 1.54) is 6.07 Å². The van der Waals surface area contributed by atoms with Crippen LogP contribution in [0.25, 0.3) is 0 Å². The van der Waals surface area contributed by atoms with Crippen molar-refractivity contribution in [2.45, 2.75) is 37.1 Å². The summed E-state index contributed by atoms with van der Waals surface area (Å²) in [6.45, 7) is 2.64. The van der Waals surface area contributed by atoms with Crippen LogP contribution in [0, 0.1) is 6.92 Å². The van der Waals surface area contributed by atoms with E-state index < -0.39 is 10.0 Å². The van der Waals surface area contributed by atoms with E-state index in [2.05, 4.69) is 15.9 Å². The zero-order valence-corrected chi connectivity index (χ0v) is 16.0. The second-order valence-corrected chi connectivity index (χ2v) is 7.95. The number of carbonyl (C=O) groups is 1. The largest absolute Gasteiger partial charge is 0.334 e. The number of amides is 1. The third kappa shape index (κ3) is 4.45. The van der Waals surface area contributed by atoms with Gasteiger partial charge in [-0.1, -0.05) is 15.9 Å². The zero-order chi connectivity index (χ0) is 16.5. The number of nitrogens with two attached hydrogens (primary N) is 2. The molecule has 1 aliphatic heterocycles. The number of hydrogen-bond donors (Lipinski definition) is 2. The third-order valence-electron chi connectivity index (χ3n) is 4.02. The zero-order valence-electron chi connectivity index (χ0n) is 12.8. The highest BCUT2D eigenvalue weighted by molar-refractivity contribution is 9.10. The van der Waals surface area contributed by atoms with Gasteiger partial charge in [0.15, 0.2) is 0 Å². The van der Waals surface area contributed by atoms with Gasteiger partial charge in [-0.3, -0.25) is 4.79 Å². The fourth-order valence-electron chi connectivity index (χ4n) is 2.84. The van der Waals surface area contributed by atoms with Crippen molar-refractivity contribution in [3.05, 3.63) is 27.7 Å². The maximum Gasteiger partial charge on any atom is 0.254 e. The molecule has 0 saturated carbocycles. The molecule has 23 heavy (non-hydrogen) atoms. The summed E-state index contributed by atoms with van der Waals surface area (Å²) in [5.74, 6) is -0.196. The molecule has 6 nitrogen and oxygen atoms in total. The number of nitrogens with zero attached hydrogens (tertiary/aromatic N) is 1. The molecule has 0 bridgehead atoms. The topological polar surface area (TPSA) is 106 Å². The summed E-state index contributed by atoms with van der Waals surface area (Å²) in [7, 11) is -3.89. The van der Waals surface area contributed by atoms with Crippen LogP contribution in [-0.2, 0) is 10.0 Å². The maximum atomic E-state index is 12.8. The minimum Gasteiger partial charge on any atom is -0.334 e. The molecule has 1 amide bonds. The number of benzene rings is 1. The minimum absolute atomic E-state index is 0.